The van der Waals surface area contributed by atoms with Gasteiger partial charge in [0.25, 0.3) is 0 Å². The number of nitriles is 1. The predicted octanol–water partition coefficient (Wildman–Crippen LogP) is 1.34. The normalized spacial score (nSPS) is 25.7. The first-order valence-corrected chi connectivity index (χ1v) is 6.32. The molecule has 1 aromatic heterocycles. The van der Waals surface area contributed by atoms with Crippen LogP contribution in [0.3, 0.4) is 0 Å². The van der Waals surface area contributed by atoms with Gasteiger partial charge in [0.1, 0.15) is 11.5 Å². The van der Waals surface area contributed by atoms with Gasteiger partial charge in [-0.2, -0.15) is 10.4 Å². The average Bonchev–Trinajstić information content (AvgIpc) is 2.79. The molecule has 0 spiro atoms. The summed E-state index contributed by atoms with van der Waals surface area (Å²) < 4.78 is 7.08. The molecule has 1 fully saturated rings. The zero-order valence-electron chi connectivity index (χ0n) is 10.9. The van der Waals surface area contributed by atoms with E-state index in [1.165, 1.54) is 0 Å². The molecule has 1 aliphatic rings. The van der Waals surface area contributed by atoms with Crippen LogP contribution in [0.4, 0.5) is 0 Å². The number of hydrogen-bond acceptors (Lipinski definition) is 4. The van der Waals surface area contributed by atoms with Crippen molar-refractivity contribution in [3.63, 3.8) is 0 Å². The molecule has 2 rings (SSSR count). The lowest BCUT2D eigenvalue weighted by Gasteiger charge is -2.34. The van der Waals surface area contributed by atoms with Gasteiger partial charge in [0, 0.05) is 25.4 Å². The van der Waals surface area contributed by atoms with Crippen LogP contribution in [0.1, 0.15) is 37.1 Å². The minimum Gasteiger partial charge on any atom is -0.387 e. The molecule has 5 nitrogen and oxygen atoms in total. The third-order valence-corrected chi connectivity index (χ3v) is 3.58. The molecule has 2 heterocycles. The number of aliphatic hydroxyl groups excluding tert-OH is 1. The van der Waals surface area contributed by atoms with Crippen molar-refractivity contribution in [2.24, 2.45) is 12.5 Å². The van der Waals surface area contributed by atoms with Crippen LogP contribution in [0.2, 0.25) is 0 Å². The Bertz CT molecular complexity index is 455. The van der Waals surface area contributed by atoms with Gasteiger partial charge in [0.15, 0.2) is 0 Å². The summed E-state index contributed by atoms with van der Waals surface area (Å²) in [5.41, 5.74) is 0.780. The molecule has 2 unspecified atom stereocenters. The molecule has 1 N–H and O–H groups in total. The fourth-order valence-electron chi connectivity index (χ4n) is 2.53. The van der Waals surface area contributed by atoms with E-state index in [0.717, 1.165) is 24.1 Å². The third-order valence-electron chi connectivity index (χ3n) is 3.58. The monoisotopic (exact) mass is 249 g/mol. The molecule has 0 bridgehead atoms. The second-order valence-corrected chi connectivity index (χ2v) is 4.88. The first-order valence-electron chi connectivity index (χ1n) is 6.32. The van der Waals surface area contributed by atoms with Crippen LogP contribution >= 0.6 is 0 Å². The van der Waals surface area contributed by atoms with Gasteiger partial charge in [-0.3, -0.25) is 4.68 Å². The van der Waals surface area contributed by atoms with Gasteiger partial charge in [-0.1, -0.05) is 6.92 Å². The SMILES string of the molecule is CCc1nn(C)cc1C(O)C1(C#N)CCCOC1. The summed E-state index contributed by atoms with van der Waals surface area (Å²) in [7, 11) is 1.83. The van der Waals surface area contributed by atoms with E-state index in [1.807, 2.05) is 14.0 Å². The number of aromatic nitrogens is 2. The summed E-state index contributed by atoms with van der Waals surface area (Å²) >= 11 is 0. The van der Waals surface area contributed by atoms with Gasteiger partial charge >= 0.3 is 0 Å². The van der Waals surface area contributed by atoms with Crippen molar-refractivity contribution in [3.05, 3.63) is 17.5 Å². The first kappa shape index (κ1) is 13.1. The standard InChI is InChI=1S/C13H19N3O2/c1-3-11-10(7-16(2)15-11)12(17)13(8-14)5-4-6-18-9-13/h7,12,17H,3-6,9H2,1-2H3. The Kier molecular flexibility index (Phi) is 3.69. The maximum Gasteiger partial charge on any atom is 0.111 e. The Morgan fingerprint density at radius 2 is 2.50 bits per heavy atom. The number of aliphatic hydroxyl groups is 1. The lowest BCUT2D eigenvalue weighted by molar-refractivity contribution is -0.0508. The maximum atomic E-state index is 10.6. The molecule has 1 saturated heterocycles. The second kappa shape index (κ2) is 5.09. The van der Waals surface area contributed by atoms with Crippen molar-refractivity contribution in [2.75, 3.05) is 13.2 Å². The van der Waals surface area contributed by atoms with Gasteiger partial charge in [-0.15, -0.1) is 0 Å². The summed E-state index contributed by atoms with van der Waals surface area (Å²) in [5, 5.41) is 24.3. The van der Waals surface area contributed by atoms with Crippen LogP contribution in [0.15, 0.2) is 6.20 Å². The van der Waals surface area contributed by atoms with Crippen molar-refractivity contribution in [1.82, 2.24) is 9.78 Å². The maximum absolute atomic E-state index is 10.6. The third kappa shape index (κ3) is 2.14. The van der Waals surface area contributed by atoms with Gasteiger partial charge in [-0.05, 0) is 19.3 Å². The summed E-state index contributed by atoms with van der Waals surface area (Å²) in [6, 6.07) is 2.26. The Labute approximate surface area is 107 Å². The highest BCUT2D eigenvalue weighted by Crippen LogP contribution is 2.41. The Hall–Kier alpha value is -1.38. The quantitative estimate of drug-likeness (QED) is 0.877. The van der Waals surface area contributed by atoms with Crippen LogP contribution in [-0.2, 0) is 18.2 Å². The lowest BCUT2D eigenvalue weighted by atomic mass is 9.76. The van der Waals surface area contributed by atoms with Gasteiger partial charge in [0.05, 0.1) is 18.4 Å². The van der Waals surface area contributed by atoms with E-state index in [1.54, 1.807) is 10.9 Å². The van der Waals surface area contributed by atoms with Gasteiger partial charge in [-0.25, -0.2) is 0 Å². The van der Waals surface area contributed by atoms with Gasteiger partial charge < -0.3 is 9.84 Å². The summed E-state index contributed by atoms with van der Waals surface area (Å²) in [5.74, 6) is 0. The van der Waals surface area contributed by atoms with Crippen molar-refractivity contribution in [1.29, 1.82) is 5.26 Å². The smallest absolute Gasteiger partial charge is 0.111 e. The van der Waals surface area contributed by atoms with E-state index in [2.05, 4.69) is 11.2 Å². The average molecular weight is 249 g/mol. The zero-order valence-corrected chi connectivity index (χ0v) is 10.9. The summed E-state index contributed by atoms with van der Waals surface area (Å²) in [6.07, 6.45) is 3.20. The topological polar surface area (TPSA) is 71.1 Å². The highest BCUT2D eigenvalue weighted by atomic mass is 16.5. The van der Waals surface area contributed by atoms with E-state index in [9.17, 15) is 10.4 Å². The van der Waals surface area contributed by atoms with Crippen molar-refractivity contribution >= 4 is 0 Å². The van der Waals surface area contributed by atoms with Crippen molar-refractivity contribution in [3.8, 4) is 6.07 Å². The lowest BCUT2D eigenvalue weighted by Crippen LogP contribution is -2.36. The van der Waals surface area contributed by atoms with Crippen LogP contribution in [0.5, 0.6) is 0 Å². The Morgan fingerprint density at radius 3 is 3.06 bits per heavy atom. The molecule has 1 aliphatic heterocycles. The molecule has 2 atom stereocenters. The summed E-state index contributed by atoms with van der Waals surface area (Å²) in [4.78, 5) is 0. The molecule has 0 aromatic carbocycles. The number of hydrogen-bond donors (Lipinski definition) is 1. The molecule has 0 saturated carbocycles. The van der Waals surface area contributed by atoms with E-state index >= 15 is 0 Å². The molecule has 0 radical (unpaired) electrons. The minimum atomic E-state index is -0.828. The molecular formula is C13H19N3O2. The molecular weight excluding hydrogens is 230 g/mol. The van der Waals surface area contributed by atoms with Crippen LogP contribution in [0.25, 0.3) is 0 Å². The Morgan fingerprint density at radius 1 is 1.72 bits per heavy atom. The van der Waals surface area contributed by atoms with Crippen LogP contribution in [0, 0.1) is 16.7 Å². The first-order chi connectivity index (χ1) is 8.63. The van der Waals surface area contributed by atoms with Crippen molar-refractivity contribution in [2.45, 2.75) is 32.3 Å². The molecule has 0 aliphatic carbocycles. The fraction of sp³-hybridized carbons (Fsp3) is 0.692. The fourth-order valence-corrected chi connectivity index (χ4v) is 2.53. The van der Waals surface area contributed by atoms with Gasteiger partial charge in [0.2, 0.25) is 0 Å². The number of aryl methyl sites for hydroxylation is 2. The summed E-state index contributed by atoms with van der Waals surface area (Å²) in [6.45, 7) is 2.96. The minimum absolute atomic E-state index is 0.294. The molecule has 5 heteroatoms. The molecule has 1 aromatic rings. The predicted molar refractivity (Wildman–Crippen MR) is 65.6 cm³/mol. The number of ether oxygens (including phenoxy) is 1. The van der Waals surface area contributed by atoms with E-state index in [-0.39, 0.29) is 0 Å². The molecule has 0 amide bonds. The second-order valence-electron chi connectivity index (χ2n) is 4.88. The molecule has 98 valence electrons. The van der Waals surface area contributed by atoms with E-state index in [0.29, 0.717) is 19.6 Å². The largest absolute Gasteiger partial charge is 0.387 e. The van der Waals surface area contributed by atoms with E-state index in [4.69, 9.17) is 4.74 Å². The van der Waals surface area contributed by atoms with Crippen LogP contribution < -0.4 is 0 Å². The van der Waals surface area contributed by atoms with Crippen LogP contribution in [-0.4, -0.2) is 28.1 Å². The van der Waals surface area contributed by atoms with E-state index < -0.39 is 11.5 Å². The van der Waals surface area contributed by atoms with Crippen molar-refractivity contribution < 1.29 is 9.84 Å². The zero-order chi connectivity index (χ0) is 13.2. The number of rotatable bonds is 3. The highest BCUT2D eigenvalue weighted by Gasteiger charge is 2.42. The number of nitrogens with zero attached hydrogens (tertiary/aromatic N) is 3. The highest BCUT2D eigenvalue weighted by molar-refractivity contribution is 5.25. The molecule has 18 heavy (non-hydrogen) atoms. The Balaban J connectivity index is 2.33.